The Balaban J connectivity index is 1.40. The lowest BCUT2D eigenvalue weighted by Gasteiger charge is -2.42. The number of para-hydroxylation sites is 1. The molecular weight excluding hydrogens is 360 g/mol. The zero-order valence-electron chi connectivity index (χ0n) is 16.3. The van der Waals surface area contributed by atoms with E-state index < -0.39 is 0 Å². The number of rotatable bonds is 3. The highest BCUT2D eigenvalue weighted by Gasteiger charge is 2.40. The van der Waals surface area contributed by atoms with Crippen LogP contribution in [0.5, 0.6) is 0 Å². The maximum atomic E-state index is 13.1. The summed E-state index contributed by atoms with van der Waals surface area (Å²) in [5.74, 6) is -0.147. The first-order valence-corrected chi connectivity index (χ1v) is 10.2. The monoisotopic (exact) mass is 384 g/mol. The Bertz CT molecular complexity index is 982. The predicted molar refractivity (Wildman–Crippen MR) is 114 cm³/mol. The van der Waals surface area contributed by atoms with Gasteiger partial charge in [-0.05, 0) is 23.3 Å². The van der Waals surface area contributed by atoms with Gasteiger partial charge in [-0.1, -0.05) is 72.8 Å². The summed E-state index contributed by atoms with van der Waals surface area (Å²) in [7, 11) is 0. The number of piperazine rings is 1. The zero-order chi connectivity index (χ0) is 19.6. The van der Waals surface area contributed by atoms with Crippen molar-refractivity contribution in [2.24, 2.45) is 0 Å². The van der Waals surface area contributed by atoms with Crippen LogP contribution >= 0.6 is 0 Å². The molecule has 4 heteroatoms. The van der Waals surface area contributed by atoms with Gasteiger partial charge in [0.1, 0.15) is 6.04 Å². The van der Waals surface area contributed by atoms with Crippen LogP contribution in [-0.2, 0) is 9.53 Å². The molecule has 3 aromatic rings. The molecule has 2 atom stereocenters. The quantitative estimate of drug-likeness (QED) is 0.634. The molecule has 0 saturated carbocycles. The summed E-state index contributed by atoms with van der Waals surface area (Å²) in [5, 5.41) is 0. The number of hydrogen-bond acceptors (Lipinski definition) is 4. The number of esters is 1. The summed E-state index contributed by atoms with van der Waals surface area (Å²) >= 11 is 0. The molecular formula is C25H24N2O2. The van der Waals surface area contributed by atoms with Crippen molar-refractivity contribution in [3.05, 3.63) is 102 Å². The molecule has 0 N–H and O–H groups in total. The molecule has 5 rings (SSSR count). The van der Waals surface area contributed by atoms with Gasteiger partial charge in [0, 0.05) is 37.4 Å². The first kappa shape index (κ1) is 18.0. The topological polar surface area (TPSA) is 32.8 Å². The Morgan fingerprint density at radius 1 is 0.690 bits per heavy atom. The maximum Gasteiger partial charge on any atom is 0.328 e. The summed E-state index contributed by atoms with van der Waals surface area (Å²) in [6.07, 6.45) is -0.332. The van der Waals surface area contributed by atoms with Crippen molar-refractivity contribution in [3.8, 4) is 0 Å². The van der Waals surface area contributed by atoms with E-state index in [1.165, 1.54) is 5.69 Å². The van der Waals surface area contributed by atoms with Crippen molar-refractivity contribution >= 4 is 11.7 Å². The zero-order valence-corrected chi connectivity index (χ0v) is 16.3. The summed E-state index contributed by atoms with van der Waals surface area (Å²) in [6, 6.07) is 28.4. The van der Waals surface area contributed by atoms with Crippen molar-refractivity contribution in [1.82, 2.24) is 4.90 Å². The lowest BCUT2D eigenvalue weighted by atomic mass is 9.89. The minimum Gasteiger partial charge on any atom is -0.451 e. The van der Waals surface area contributed by atoms with Crippen molar-refractivity contribution < 1.29 is 9.53 Å². The Labute approximate surface area is 171 Å². The molecule has 0 bridgehead atoms. The number of cyclic esters (lactones) is 1. The summed E-state index contributed by atoms with van der Waals surface area (Å²) in [5.41, 5.74) is 4.42. The van der Waals surface area contributed by atoms with Crippen LogP contribution in [0.15, 0.2) is 84.9 Å². The third-order valence-corrected chi connectivity index (χ3v) is 5.93. The van der Waals surface area contributed by atoms with Crippen LogP contribution in [0, 0.1) is 0 Å². The first-order chi connectivity index (χ1) is 14.3. The molecule has 1 fully saturated rings. The van der Waals surface area contributed by atoms with E-state index in [0.29, 0.717) is 0 Å². The molecule has 0 spiro atoms. The Hall–Kier alpha value is -3.11. The van der Waals surface area contributed by atoms with Crippen molar-refractivity contribution in [2.75, 3.05) is 31.1 Å². The fourth-order valence-corrected chi connectivity index (χ4v) is 4.47. The summed E-state index contributed by atoms with van der Waals surface area (Å²) in [4.78, 5) is 17.8. The maximum absolute atomic E-state index is 13.1. The SMILES string of the molecule is O=C1OC(c2ccccc2)c2ccccc2C1N1CCN(c2ccccc2)CC1. The van der Waals surface area contributed by atoms with Crippen LogP contribution in [0.1, 0.15) is 28.8 Å². The van der Waals surface area contributed by atoms with E-state index in [0.717, 1.165) is 42.9 Å². The molecule has 2 unspecified atom stereocenters. The van der Waals surface area contributed by atoms with Gasteiger partial charge in [-0.15, -0.1) is 0 Å². The smallest absolute Gasteiger partial charge is 0.328 e. The van der Waals surface area contributed by atoms with Crippen LogP contribution < -0.4 is 4.90 Å². The molecule has 29 heavy (non-hydrogen) atoms. The lowest BCUT2D eigenvalue weighted by Crippen LogP contribution is -2.50. The van der Waals surface area contributed by atoms with Gasteiger partial charge in [-0.3, -0.25) is 4.90 Å². The molecule has 2 aliphatic rings. The molecule has 4 nitrogen and oxygen atoms in total. The number of nitrogens with zero attached hydrogens (tertiary/aromatic N) is 2. The molecule has 3 aromatic carbocycles. The Morgan fingerprint density at radius 3 is 1.97 bits per heavy atom. The molecule has 0 aromatic heterocycles. The molecule has 0 aliphatic carbocycles. The van der Waals surface area contributed by atoms with Crippen LogP contribution in [-0.4, -0.2) is 37.0 Å². The first-order valence-electron chi connectivity index (χ1n) is 10.2. The average molecular weight is 384 g/mol. The molecule has 2 aliphatic heterocycles. The van der Waals surface area contributed by atoms with Crippen molar-refractivity contribution in [1.29, 1.82) is 0 Å². The fourth-order valence-electron chi connectivity index (χ4n) is 4.47. The number of benzene rings is 3. The normalized spacial score (nSPS) is 22.1. The van der Waals surface area contributed by atoms with Gasteiger partial charge in [0.2, 0.25) is 0 Å². The largest absolute Gasteiger partial charge is 0.451 e. The molecule has 146 valence electrons. The van der Waals surface area contributed by atoms with Gasteiger partial charge in [-0.25, -0.2) is 4.79 Å². The van der Waals surface area contributed by atoms with Gasteiger partial charge in [0.05, 0.1) is 0 Å². The lowest BCUT2D eigenvalue weighted by molar-refractivity contribution is -0.157. The number of ether oxygens (including phenoxy) is 1. The average Bonchev–Trinajstić information content (AvgIpc) is 2.80. The van der Waals surface area contributed by atoms with E-state index in [4.69, 9.17) is 4.74 Å². The third kappa shape index (κ3) is 3.40. The number of anilines is 1. The van der Waals surface area contributed by atoms with E-state index in [1.807, 2.05) is 48.5 Å². The van der Waals surface area contributed by atoms with E-state index in [1.54, 1.807) is 0 Å². The Kier molecular flexibility index (Phi) is 4.78. The van der Waals surface area contributed by atoms with Gasteiger partial charge in [-0.2, -0.15) is 0 Å². The number of carbonyl (C=O) groups is 1. The summed E-state index contributed by atoms with van der Waals surface area (Å²) < 4.78 is 5.98. The van der Waals surface area contributed by atoms with Crippen LogP contribution in [0.3, 0.4) is 0 Å². The number of carbonyl (C=O) groups excluding carboxylic acids is 1. The predicted octanol–water partition coefficient (Wildman–Crippen LogP) is 4.20. The fraction of sp³-hybridized carbons (Fsp3) is 0.240. The van der Waals surface area contributed by atoms with Gasteiger partial charge in [0.25, 0.3) is 0 Å². The highest BCUT2D eigenvalue weighted by Crippen LogP contribution is 2.40. The summed E-state index contributed by atoms with van der Waals surface area (Å²) in [6.45, 7) is 3.47. The van der Waals surface area contributed by atoms with E-state index in [-0.39, 0.29) is 18.1 Å². The van der Waals surface area contributed by atoms with Crippen molar-refractivity contribution in [3.63, 3.8) is 0 Å². The highest BCUT2D eigenvalue weighted by molar-refractivity contribution is 5.81. The second-order valence-corrected chi connectivity index (χ2v) is 7.62. The minimum absolute atomic E-state index is 0.147. The molecule has 0 radical (unpaired) electrons. The molecule has 1 saturated heterocycles. The van der Waals surface area contributed by atoms with Gasteiger partial charge in [0.15, 0.2) is 6.10 Å². The minimum atomic E-state index is -0.332. The van der Waals surface area contributed by atoms with Crippen LogP contribution in [0.25, 0.3) is 0 Å². The number of hydrogen-bond donors (Lipinski definition) is 0. The highest BCUT2D eigenvalue weighted by atomic mass is 16.5. The van der Waals surface area contributed by atoms with E-state index >= 15 is 0 Å². The second-order valence-electron chi connectivity index (χ2n) is 7.62. The molecule has 2 heterocycles. The third-order valence-electron chi connectivity index (χ3n) is 5.93. The van der Waals surface area contributed by atoms with Gasteiger partial charge < -0.3 is 9.64 Å². The number of fused-ring (bicyclic) bond motifs is 1. The van der Waals surface area contributed by atoms with Crippen LogP contribution in [0.4, 0.5) is 5.69 Å². The second kappa shape index (κ2) is 7.72. The Morgan fingerprint density at radius 2 is 1.28 bits per heavy atom. The van der Waals surface area contributed by atoms with E-state index in [9.17, 15) is 4.79 Å². The van der Waals surface area contributed by atoms with Crippen molar-refractivity contribution in [2.45, 2.75) is 12.1 Å². The van der Waals surface area contributed by atoms with E-state index in [2.05, 4.69) is 46.2 Å². The molecule has 0 amide bonds. The van der Waals surface area contributed by atoms with Gasteiger partial charge >= 0.3 is 5.97 Å². The van der Waals surface area contributed by atoms with Crippen LogP contribution in [0.2, 0.25) is 0 Å². The standard InChI is InChI=1S/C25H24N2O2/c28-25-23(27-17-15-26(16-18-27)20-11-5-2-6-12-20)21-13-7-8-14-22(21)24(29-25)19-9-3-1-4-10-19/h1-14,23-24H,15-18H2.